The van der Waals surface area contributed by atoms with E-state index in [1.54, 1.807) is 69.3 Å². The molecule has 2 fully saturated rings. The van der Waals surface area contributed by atoms with E-state index in [1.165, 1.54) is 22.7 Å². The van der Waals surface area contributed by atoms with Gasteiger partial charge in [0.1, 0.15) is 29.3 Å². The van der Waals surface area contributed by atoms with Crippen molar-refractivity contribution in [3.8, 4) is 0 Å². The molecular weight excluding hydrogens is 611 g/mol. The largest absolute Gasteiger partial charge is 0.448 e. The van der Waals surface area contributed by atoms with Crippen molar-refractivity contribution in [2.24, 2.45) is 0 Å². The first-order chi connectivity index (χ1) is 21.2. The second-order valence-corrected chi connectivity index (χ2v) is 12.9. The summed E-state index contributed by atoms with van der Waals surface area (Å²) in [5.41, 5.74) is 0.778. The van der Waals surface area contributed by atoms with E-state index in [2.05, 4.69) is 5.32 Å². The molecule has 3 heterocycles. The number of halogens is 3. The summed E-state index contributed by atoms with van der Waals surface area (Å²) in [6.45, 7) is 3.55. The zero-order valence-electron chi connectivity index (χ0n) is 24.8. The minimum absolute atomic E-state index is 0.0439. The molecule has 0 aliphatic carbocycles. The topological polar surface area (TPSA) is 105 Å². The Morgan fingerprint density at radius 3 is 2.18 bits per heavy atom. The lowest BCUT2D eigenvalue weighted by molar-refractivity contribution is -0.156. The van der Waals surface area contributed by atoms with Gasteiger partial charge in [-0.05, 0) is 50.0 Å². The zero-order valence-corrected chi connectivity index (χ0v) is 25.6. The van der Waals surface area contributed by atoms with Crippen LogP contribution in [0.3, 0.4) is 0 Å². The number of benzene rings is 2. The van der Waals surface area contributed by atoms with Crippen molar-refractivity contribution in [1.82, 2.24) is 15.1 Å². The number of ether oxygens (including phenoxy) is 2. The summed E-state index contributed by atoms with van der Waals surface area (Å²) in [6.07, 6.45) is -4.77. The number of allylic oxidation sites excluding steroid dienone is 1. The third-order valence-electron chi connectivity index (χ3n) is 7.22. The van der Waals surface area contributed by atoms with Crippen LogP contribution in [0.25, 0.3) is 0 Å². The van der Waals surface area contributed by atoms with Crippen LogP contribution < -0.4 is 5.32 Å². The van der Waals surface area contributed by atoms with Crippen LogP contribution in [0, 0.1) is 0 Å². The minimum Gasteiger partial charge on any atom is -0.448 e. The highest BCUT2D eigenvalue weighted by Crippen LogP contribution is 2.42. The van der Waals surface area contributed by atoms with Crippen LogP contribution in [0.5, 0.6) is 0 Å². The van der Waals surface area contributed by atoms with E-state index in [1.807, 2.05) is 12.1 Å². The molecule has 0 radical (unpaired) electrons. The number of nitrogens with zero attached hydrogens (tertiary/aromatic N) is 2. The maximum atomic E-state index is 14.1. The SMILES string of the molecule is CC(C)(C)OC(=O)N[C@@H]1C(=O)N2C(C(=O)OC(c3ccccc3)c3ccccc3)=C(/C=C3\CCN(CC(F)(F)F)C3=O)CS[C@H]12. The van der Waals surface area contributed by atoms with E-state index in [0.29, 0.717) is 16.0 Å². The maximum absolute atomic E-state index is 14.1. The summed E-state index contributed by atoms with van der Waals surface area (Å²) in [7, 11) is 0. The lowest BCUT2D eigenvalue weighted by Crippen LogP contribution is -2.70. The van der Waals surface area contributed by atoms with Gasteiger partial charge < -0.3 is 19.7 Å². The number of carbonyl (C=O) groups is 4. The van der Waals surface area contributed by atoms with Crippen molar-refractivity contribution in [3.63, 3.8) is 0 Å². The Kier molecular flexibility index (Phi) is 9.02. The van der Waals surface area contributed by atoms with Gasteiger partial charge in [0.15, 0.2) is 6.10 Å². The number of amides is 3. The molecule has 2 saturated heterocycles. The Hall–Kier alpha value is -4.26. The molecule has 0 bridgehead atoms. The van der Waals surface area contributed by atoms with Crippen molar-refractivity contribution >= 4 is 35.6 Å². The Morgan fingerprint density at radius 1 is 1.02 bits per heavy atom. The number of hydrogen-bond donors (Lipinski definition) is 1. The van der Waals surface area contributed by atoms with Crippen LogP contribution in [0.1, 0.15) is 44.4 Å². The van der Waals surface area contributed by atoms with Crippen LogP contribution >= 0.6 is 11.8 Å². The van der Waals surface area contributed by atoms with Gasteiger partial charge in [0.25, 0.3) is 5.91 Å². The van der Waals surface area contributed by atoms with Crippen molar-refractivity contribution in [2.45, 2.75) is 56.5 Å². The molecule has 2 aromatic rings. The van der Waals surface area contributed by atoms with Crippen LogP contribution in [-0.4, -0.2) is 75.7 Å². The molecule has 9 nitrogen and oxygen atoms in total. The molecule has 238 valence electrons. The van der Waals surface area contributed by atoms with Gasteiger partial charge in [0.2, 0.25) is 5.91 Å². The van der Waals surface area contributed by atoms with Gasteiger partial charge >= 0.3 is 18.2 Å². The predicted molar refractivity (Wildman–Crippen MR) is 159 cm³/mol. The van der Waals surface area contributed by atoms with Crippen LogP contribution in [0.2, 0.25) is 0 Å². The van der Waals surface area contributed by atoms with Gasteiger partial charge in [0, 0.05) is 17.9 Å². The fraction of sp³-hybridized carbons (Fsp3) is 0.375. The third kappa shape index (κ3) is 7.35. The van der Waals surface area contributed by atoms with Crippen molar-refractivity contribution in [2.75, 3.05) is 18.8 Å². The molecule has 5 rings (SSSR count). The van der Waals surface area contributed by atoms with Crippen molar-refractivity contribution in [1.29, 1.82) is 0 Å². The fourth-order valence-corrected chi connectivity index (χ4v) is 6.61. The number of fused-ring (bicyclic) bond motifs is 1. The smallest absolute Gasteiger partial charge is 0.408 e. The zero-order chi connectivity index (χ0) is 32.5. The van der Waals surface area contributed by atoms with E-state index in [0.717, 1.165) is 0 Å². The lowest BCUT2D eigenvalue weighted by Gasteiger charge is -2.49. The summed E-state index contributed by atoms with van der Waals surface area (Å²) in [5, 5.41) is 1.89. The minimum atomic E-state index is -4.56. The molecule has 0 saturated carbocycles. The first kappa shape index (κ1) is 32.1. The van der Waals surface area contributed by atoms with E-state index in [9.17, 15) is 32.3 Å². The molecule has 0 aromatic heterocycles. The Balaban J connectivity index is 1.49. The second-order valence-electron chi connectivity index (χ2n) is 11.8. The van der Waals surface area contributed by atoms with Crippen molar-refractivity contribution < 1.29 is 41.8 Å². The van der Waals surface area contributed by atoms with Crippen molar-refractivity contribution in [3.05, 3.63) is 94.7 Å². The fourth-order valence-electron chi connectivity index (χ4n) is 5.30. The van der Waals surface area contributed by atoms with Gasteiger partial charge in [-0.2, -0.15) is 13.2 Å². The highest BCUT2D eigenvalue weighted by atomic mass is 32.2. The molecule has 2 atom stereocenters. The van der Waals surface area contributed by atoms with Crippen LogP contribution in [-0.2, 0) is 23.9 Å². The number of thioether (sulfide) groups is 1. The highest BCUT2D eigenvalue weighted by Gasteiger charge is 2.55. The Morgan fingerprint density at radius 2 is 1.62 bits per heavy atom. The average molecular weight is 644 g/mol. The first-order valence-electron chi connectivity index (χ1n) is 14.3. The van der Waals surface area contributed by atoms with E-state index in [4.69, 9.17) is 9.47 Å². The molecular formula is C32H32F3N3O6S. The van der Waals surface area contributed by atoms with Gasteiger partial charge in [-0.1, -0.05) is 60.7 Å². The third-order valence-corrected chi connectivity index (χ3v) is 8.53. The Labute approximate surface area is 262 Å². The standard InChI is InChI=1S/C32H32F3N3O6S/c1-31(2,3)44-30(42)36-23-27(40)38-24(29(41)43-25(19-10-6-4-7-11-19)20-12-8-5-9-13-20)22(17-45-28(23)38)16-21-14-15-37(26(21)39)18-32(33,34)35/h4-13,16,23,25,28H,14-15,17-18H2,1-3H3,(H,36,42)/b21-16+/t23-,28-/m1/s1. The number of hydrogen-bond acceptors (Lipinski definition) is 7. The molecule has 0 unspecified atom stereocenters. The monoisotopic (exact) mass is 643 g/mol. The molecule has 2 aromatic carbocycles. The number of nitrogens with one attached hydrogen (secondary N) is 1. The number of likely N-dealkylation sites (tertiary alicyclic amines) is 1. The number of carbonyl (C=O) groups excluding carboxylic acids is 4. The lowest BCUT2D eigenvalue weighted by atomic mass is 10.00. The molecule has 3 aliphatic heterocycles. The molecule has 3 amide bonds. The summed E-state index contributed by atoms with van der Waals surface area (Å²) in [5.74, 6) is -2.10. The summed E-state index contributed by atoms with van der Waals surface area (Å²) < 4.78 is 50.5. The number of rotatable bonds is 7. The predicted octanol–water partition coefficient (Wildman–Crippen LogP) is 5.10. The normalized spacial score (nSPS) is 21.2. The van der Waals surface area contributed by atoms with E-state index in [-0.39, 0.29) is 35.6 Å². The quantitative estimate of drug-likeness (QED) is 0.254. The number of alkyl carbamates (subject to hydrolysis) is 1. The van der Waals surface area contributed by atoms with Gasteiger partial charge in [0.05, 0.1) is 0 Å². The van der Waals surface area contributed by atoms with E-state index < -0.39 is 59.7 Å². The number of esters is 1. The second kappa shape index (κ2) is 12.6. The molecule has 45 heavy (non-hydrogen) atoms. The van der Waals surface area contributed by atoms with Gasteiger partial charge in [-0.25, -0.2) is 9.59 Å². The van der Waals surface area contributed by atoms with Crippen LogP contribution in [0.4, 0.5) is 18.0 Å². The van der Waals surface area contributed by atoms with E-state index >= 15 is 0 Å². The summed E-state index contributed by atoms with van der Waals surface area (Å²) >= 11 is 1.24. The molecule has 3 aliphatic rings. The Bertz CT molecular complexity index is 1500. The molecule has 1 N–H and O–H groups in total. The summed E-state index contributed by atoms with van der Waals surface area (Å²) in [6, 6.07) is 17.0. The van der Waals surface area contributed by atoms with Gasteiger partial charge in [-0.3, -0.25) is 14.5 Å². The summed E-state index contributed by atoms with van der Waals surface area (Å²) in [4.78, 5) is 54.8. The first-order valence-corrected chi connectivity index (χ1v) is 15.3. The maximum Gasteiger partial charge on any atom is 0.408 e. The average Bonchev–Trinajstić information content (AvgIpc) is 3.31. The van der Waals surface area contributed by atoms with Gasteiger partial charge in [-0.15, -0.1) is 11.8 Å². The molecule has 13 heteroatoms. The highest BCUT2D eigenvalue weighted by molar-refractivity contribution is 8.00. The number of β-lactam (4-membered cyclic amide) rings is 1. The molecule has 0 spiro atoms. The number of alkyl halides is 3. The van der Waals surface area contributed by atoms with Crippen LogP contribution in [0.15, 0.2) is 83.6 Å².